The van der Waals surface area contributed by atoms with Crippen molar-refractivity contribution in [2.75, 3.05) is 27.2 Å². The number of likely N-dealkylation sites (N-methyl/N-ethyl adjacent to an activating group) is 1. The van der Waals surface area contributed by atoms with Gasteiger partial charge in [-0.05, 0) is 65.5 Å². The van der Waals surface area contributed by atoms with Gasteiger partial charge in [0.15, 0.2) is 0 Å². The van der Waals surface area contributed by atoms with Crippen LogP contribution in [0.5, 0.6) is 5.75 Å². The minimum atomic E-state index is -0.818. The largest absolute Gasteiger partial charge is 0.492 e. The third kappa shape index (κ3) is 5.19. The molecule has 0 bridgehead atoms. The van der Waals surface area contributed by atoms with E-state index >= 15 is 0 Å². The van der Waals surface area contributed by atoms with Gasteiger partial charge >= 0.3 is 0 Å². The summed E-state index contributed by atoms with van der Waals surface area (Å²) < 4.78 is 6.57. The predicted octanol–water partition coefficient (Wildman–Crippen LogP) is 7.36. The summed E-state index contributed by atoms with van der Waals surface area (Å²) in [6.45, 7) is 1.49. The Hall–Kier alpha value is -3.97. The van der Waals surface area contributed by atoms with Crippen LogP contribution in [0.2, 0.25) is 0 Å². The maximum atomic E-state index is 6.57. The number of hydrogen-bond acceptors (Lipinski definition) is 2. The topological polar surface area (TPSA) is 12.5 Å². The molecule has 6 rings (SSSR count). The summed E-state index contributed by atoms with van der Waals surface area (Å²) in [5.74, 6) is 0.934. The van der Waals surface area contributed by atoms with E-state index < -0.39 is 7.92 Å². The van der Waals surface area contributed by atoms with E-state index in [0.717, 1.165) is 12.3 Å². The standard InChI is InChI=1S/C36H32NOP/c1-37(2)25-26-38-33-23-21-27-13-9-11-19-31(27)35(33)36-32-20-12-10-14-28(32)22-24-34(36)39(29-15-5-3-6-16-29)30-17-7-4-8-18-30/h3-24H,25-26H2,1-2H3. The molecule has 3 heteroatoms. The molecule has 0 amide bonds. The maximum Gasteiger partial charge on any atom is 0.127 e. The number of benzene rings is 6. The monoisotopic (exact) mass is 525 g/mol. The lowest BCUT2D eigenvalue weighted by Crippen LogP contribution is -2.23. The van der Waals surface area contributed by atoms with Crippen LogP contribution in [0.15, 0.2) is 133 Å². The molecular weight excluding hydrogens is 493 g/mol. The summed E-state index contributed by atoms with van der Waals surface area (Å²) in [5, 5.41) is 8.94. The van der Waals surface area contributed by atoms with Gasteiger partial charge in [0, 0.05) is 17.7 Å². The van der Waals surface area contributed by atoms with E-state index in [1.165, 1.54) is 48.6 Å². The van der Waals surface area contributed by atoms with Crippen LogP contribution in [-0.2, 0) is 0 Å². The molecule has 0 fully saturated rings. The lowest BCUT2D eigenvalue weighted by atomic mass is 9.93. The van der Waals surface area contributed by atoms with Gasteiger partial charge in [-0.15, -0.1) is 0 Å². The fraction of sp³-hybridized carbons (Fsp3) is 0.111. The number of fused-ring (bicyclic) bond motifs is 2. The molecule has 6 aromatic carbocycles. The molecule has 0 aliphatic rings. The summed E-state index contributed by atoms with van der Waals surface area (Å²) >= 11 is 0. The highest BCUT2D eigenvalue weighted by Crippen LogP contribution is 2.45. The zero-order valence-electron chi connectivity index (χ0n) is 22.4. The normalized spacial score (nSPS) is 11.5. The fourth-order valence-corrected chi connectivity index (χ4v) is 7.73. The highest BCUT2D eigenvalue weighted by molar-refractivity contribution is 7.80. The van der Waals surface area contributed by atoms with Crippen LogP contribution in [0.4, 0.5) is 0 Å². The quantitative estimate of drug-likeness (QED) is 0.193. The fourth-order valence-electron chi connectivity index (χ4n) is 5.26. The van der Waals surface area contributed by atoms with E-state index in [0.29, 0.717) is 6.61 Å². The van der Waals surface area contributed by atoms with Crippen LogP contribution in [-0.4, -0.2) is 32.1 Å². The molecule has 0 radical (unpaired) electrons. The summed E-state index contributed by atoms with van der Waals surface area (Å²) in [4.78, 5) is 2.16. The molecule has 0 spiro atoms. The minimum absolute atomic E-state index is 0.630. The molecule has 0 unspecified atom stereocenters. The first-order valence-corrected chi connectivity index (χ1v) is 14.8. The lowest BCUT2D eigenvalue weighted by Gasteiger charge is -2.25. The molecule has 0 aromatic heterocycles. The van der Waals surface area contributed by atoms with E-state index in [-0.39, 0.29) is 0 Å². The van der Waals surface area contributed by atoms with E-state index in [4.69, 9.17) is 4.74 Å². The molecule has 6 aromatic rings. The van der Waals surface area contributed by atoms with E-state index in [1.807, 2.05) is 0 Å². The molecule has 0 aliphatic heterocycles. The van der Waals surface area contributed by atoms with Crippen molar-refractivity contribution in [2.45, 2.75) is 0 Å². The van der Waals surface area contributed by atoms with E-state index in [9.17, 15) is 0 Å². The summed E-state index contributed by atoms with van der Waals surface area (Å²) in [7, 11) is 3.35. The van der Waals surface area contributed by atoms with Crippen LogP contribution in [0, 0.1) is 0 Å². The average Bonchev–Trinajstić information content (AvgIpc) is 2.98. The van der Waals surface area contributed by atoms with Crippen molar-refractivity contribution in [1.82, 2.24) is 4.90 Å². The van der Waals surface area contributed by atoms with Crippen molar-refractivity contribution >= 4 is 45.4 Å². The van der Waals surface area contributed by atoms with Gasteiger partial charge in [-0.2, -0.15) is 0 Å². The van der Waals surface area contributed by atoms with Gasteiger partial charge in [-0.1, -0.05) is 127 Å². The summed E-state index contributed by atoms with van der Waals surface area (Å²) in [5.41, 5.74) is 2.45. The summed E-state index contributed by atoms with van der Waals surface area (Å²) in [6, 6.07) is 48.4. The minimum Gasteiger partial charge on any atom is -0.492 e. The molecule has 2 nitrogen and oxygen atoms in total. The number of ether oxygens (including phenoxy) is 1. The third-order valence-corrected chi connectivity index (χ3v) is 9.60. The molecule has 0 saturated heterocycles. The van der Waals surface area contributed by atoms with Gasteiger partial charge in [0.05, 0.1) is 0 Å². The zero-order chi connectivity index (χ0) is 26.6. The van der Waals surface area contributed by atoms with Crippen LogP contribution in [0.25, 0.3) is 32.7 Å². The number of hydrogen-bond donors (Lipinski definition) is 0. The predicted molar refractivity (Wildman–Crippen MR) is 170 cm³/mol. The lowest BCUT2D eigenvalue weighted by molar-refractivity contribution is 0.262. The molecule has 0 heterocycles. The van der Waals surface area contributed by atoms with Crippen molar-refractivity contribution in [1.29, 1.82) is 0 Å². The first-order valence-electron chi connectivity index (χ1n) is 13.4. The van der Waals surface area contributed by atoms with Crippen molar-refractivity contribution < 1.29 is 4.74 Å². The van der Waals surface area contributed by atoms with Gasteiger partial charge in [0.2, 0.25) is 0 Å². The van der Waals surface area contributed by atoms with Crippen LogP contribution in [0.3, 0.4) is 0 Å². The second-order valence-corrected chi connectivity index (χ2v) is 12.2. The Morgan fingerprint density at radius 2 is 1.05 bits per heavy atom. The van der Waals surface area contributed by atoms with Crippen LogP contribution < -0.4 is 20.7 Å². The second kappa shape index (κ2) is 11.4. The summed E-state index contributed by atoms with van der Waals surface area (Å²) in [6.07, 6.45) is 0. The van der Waals surface area contributed by atoms with Crippen molar-refractivity contribution in [2.24, 2.45) is 0 Å². The maximum absolute atomic E-state index is 6.57. The average molecular weight is 526 g/mol. The van der Waals surface area contributed by atoms with Crippen LogP contribution in [0.1, 0.15) is 0 Å². The highest BCUT2D eigenvalue weighted by Gasteiger charge is 2.25. The second-order valence-electron chi connectivity index (χ2n) is 10.00. The molecule has 0 saturated carbocycles. The van der Waals surface area contributed by atoms with Crippen molar-refractivity contribution in [3.63, 3.8) is 0 Å². The van der Waals surface area contributed by atoms with Gasteiger partial charge < -0.3 is 9.64 Å². The molecule has 0 N–H and O–H groups in total. The first kappa shape index (κ1) is 25.3. The van der Waals surface area contributed by atoms with E-state index in [1.54, 1.807) is 0 Å². The Bertz CT molecular complexity index is 1670. The smallest absolute Gasteiger partial charge is 0.127 e. The zero-order valence-corrected chi connectivity index (χ0v) is 23.3. The van der Waals surface area contributed by atoms with Crippen molar-refractivity contribution in [3.05, 3.63) is 133 Å². The highest BCUT2D eigenvalue weighted by atomic mass is 31.1. The molecule has 192 valence electrons. The molecule has 0 aliphatic carbocycles. The first-order chi connectivity index (χ1) is 19.2. The molecule has 0 atom stereocenters. The molecule has 39 heavy (non-hydrogen) atoms. The van der Waals surface area contributed by atoms with Gasteiger partial charge in [0.1, 0.15) is 12.4 Å². The van der Waals surface area contributed by atoms with Gasteiger partial charge in [-0.25, -0.2) is 0 Å². The number of rotatable bonds is 8. The molecular formula is C36H32NOP. The van der Waals surface area contributed by atoms with E-state index in [2.05, 4.69) is 152 Å². The Morgan fingerprint density at radius 1 is 0.538 bits per heavy atom. The van der Waals surface area contributed by atoms with Crippen LogP contribution >= 0.6 is 7.92 Å². The van der Waals surface area contributed by atoms with Crippen molar-refractivity contribution in [3.8, 4) is 16.9 Å². The SMILES string of the molecule is CN(C)CCOc1ccc2ccccc2c1-c1c(P(c2ccccc2)c2ccccc2)ccc2ccccc12. The Labute approximate surface area is 232 Å². The Balaban J connectivity index is 1.69. The van der Waals surface area contributed by atoms with Gasteiger partial charge in [0.25, 0.3) is 0 Å². The third-order valence-electron chi connectivity index (χ3n) is 7.11. The Morgan fingerprint density at radius 3 is 1.64 bits per heavy atom. The Kier molecular flexibility index (Phi) is 7.41. The van der Waals surface area contributed by atoms with Gasteiger partial charge in [-0.3, -0.25) is 0 Å². The number of nitrogens with zero attached hydrogens (tertiary/aromatic N) is 1.